The third-order valence-electron chi connectivity index (χ3n) is 4.63. The Bertz CT molecular complexity index is 768. The van der Waals surface area contributed by atoms with Crippen LogP contribution in [0.3, 0.4) is 0 Å². The first-order valence-electron chi connectivity index (χ1n) is 8.05. The summed E-state index contributed by atoms with van der Waals surface area (Å²) in [5.41, 5.74) is 5.56. The van der Waals surface area contributed by atoms with Crippen LogP contribution >= 0.6 is 11.3 Å². The first kappa shape index (κ1) is 13.8. The van der Waals surface area contributed by atoms with Crippen molar-refractivity contribution in [3.63, 3.8) is 0 Å². The number of hydrogen-bond acceptors (Lipinski definition) is 1. The fourth-order valence-corrected chi connectivity index (χ4v) is 4.31. The van der Waals surface area contributed by atoms with Crippen molar-refractivity contribution >= 4 is 16.9 Å². The summed E-state index contributed by atoms with van der Waals surface area (Å²) in [6, 6.07) is 13.3. The van der Waals surface area contributed by atoms with Crippen LogP contribution in [0.25, 0.3) is 16.0 Å². The number of aryl methyl sites for hydroxylation is 1. The lowest BCUT2D eigenvalue weighted by Crippen LogP contribution is -2.08. The van der Waals surface area contributed by atoms with Crippen LogP contribution in [0.2, 0.25) is 0 Å². The molecule has 0 saturated carbocycles. The van der Waals surface area contributed by atoms with Crippen LogP contribution in [-0.2, 0) is 0 Å². The second kappa shape index (κ2) is 5.73. The second-order valence-electron chi connectivity index (χ2n) is 6.25. The smallest absolute Gasteiger partial charge is 0.0349 e. The molecule has 0 saturated heterocycles. The molecule has 0 fully saturated rings. The van der Waals surface area contributed by atoms with Crippen LogP contribution in [0.15, 0.2) is 66.3 Å². The molecule has 2 aliphatic rings. The summed E-state index contributed by atoms with van der Waals surface area (Å²) in [5, 5.41) is 0. The molecule has 0 spiro atoms. The van der Waals surface area contributed by atoms with E-state index in [1.165, 1.54) is 51.3 Å². The molecular weight excluding hydrogens is 284 g/mol. The molecule has 0 N–H and O–H groups in total. The van der Waals surface area contributed by atoms with Gasteiger partial charge in [-0.15, -0.1) is 11.3 Å². The lowest BCUT2D eigenvalue weighted by molar-refractivity contribution is 0.567. The molecule has 2 aromatic rings. The molecule has 2 aliphatic carbocycles. The number of fused-ring (bicyclic) bond motifs is 1. The van der Waals surface area contributed by atoms with E-state index in [9.17, 15) is 0 Å². The molecule has 1 heterocycles. The molecule has 0 nitrogen and oxygen atoms in total. The predicted molar refractivity (Wildman–Crippen MR) is 97.0 cm³/mol. The van der Waals surface area contributed by atoms with Crippen LogP contribution in [0, 0.1) is 12.8 Å². The minimum Gasteiger partial charge on any atom is -0.135 e. The zero-order valence-electron chi connectivity index (χ0n) is 12.9. The lowest BCUT2D eigenvalue weighted by Gasteiger charge is -2.24. The molecule has 1 unspecified atom stereocenters. The zero-order valence-corrected chi connectivity index (χ0v) is 13.7. The molecule has 1 aromatic carbocycles. The maximum atomic E-state index is 2.43. The molecular formula is C21H20S. The van der Waals surface area contributed by atoms with Crippen LogP contribution in [0.1, 0.15) is 29.7 Å². The van der Waals surface area contributed by atoms with Crippen molar-refractivity contribution < 1.29 is 0 Å². The maximum Gasteiger partial charge on any atom is 0.0349 e. The first-order valence-corrected chi connectivity index (χ1v) is 8.87. The third kappa shape index (κ3) is 2.62. The van der Waals surface area contributed by atoms with Crippen molar-refractivity contribution in [1.29, 1.82) is 0 Å². The summed E-state index contributed by atoms with van der Waals surface area (Å²) in [6.45, 7) is 2.14. The van der Waals surface area contributed by atoms with Crippen molar-refractivity contribution in [3.05, 3.63) is 76.7 Å². The number of thiophene rings is 1. The SMILES string of the molecule is Cc1ccc(-c2ccc(C3=CCC4CCC=CC4=C3)s2)cc1. The summed E-state index contributed by atoms with van der Waals surface area (Å²) in [7, 11) is 0. The van der Waals surface area contributed by atoms with Crippen molar-refractivity contribution in [2.75, 3.05) is 0 Å². The van der Waals surface area contributed by atoms with Gasteiger partial charge in [0.2, 0.25) is 0 Å². The molecule has 1 aromatic heterocycles. The Hall–Kier alpha value is -1.86. The minimum absolute atomic E-state index is 0.755. The number of benzene rings is 1. The van der Waals surface area contributed by atoms with E-state index < -0.39 is 0 Å². The molecule has 1 atom stereocenters. The normalized spacial score (nSPS) is 20.3. The van der Waals surface area contributed by atoms with Gasteiger partial charge in [0.05, 0.1) is 0 Å². The summed E-state index contributed by atoms with van der Waals surface area (Å²) in [4.78, 5) is 2.75. The highest BCUT2D eigenvalue weighted by Crippen LogP contribution is 2.38. The number of hydrogen-bond donors (Lipinski definition) is 0. The van der Waals surface area contributed by atoms with Gasteiger partial charge in [-0.25, -0.2) is 0 Å². The molecule has 0 amide bonds. The Morgan fingerprint density at radius 1 is 1.00 bits per heavy atom. The van der Waals surface area contributed by atoms with Gasteiger partial charge in [0.1, 0.15) is 0 Å². The Morgan fingerprint density at radius 2 is 1.82 bits per heavy atom. The van der Waals surface area contributed by atoms with Crippen LogP contribution < -0.4 is 0 Å². The topological polar surface area (TPSA) is 0 Å². The summed E-state index contributed by atoms with van der Waals surface area (Å²) >= 11 is 1.90. The fourth-order valence-electron chi connectivity index (χ4n) is 3.28. The maximum absolute atomic E-state index is 2.43. The van der Waals surface area contributed by atoms with Crippen LogP contribution in [-0.4, -0.2) is 0 Å². The van der Waals surface area contributed by atoms with Crippen LogP contribution in [0.5, 0.6) is 0 Å². The Kier molecular flexibility index (Phi) is 3.59. The highest BCUT2D eigenvalue weighted by Gasteiger charge is 2.19. The Labute approximate surface area is 136 Å². The van der Waals surface area contributed by atoms with E-state index in [0.29, 0.717) is 0 Å². The molecule has 22 heavy (non-hydrogen) atoms. The predicted octanol–water partition coefficient (Wildman–Crippen LogP) is 6.40. The van der Waals surface area contributed by atoms with Gasteiger partial charge in [0, 0.05) is 9.75 Å². The number of allylic oxidation sites excluding steroid dienone is 6. The summed E-state index contributed by atoms with van der Waals surface area (Å²) in [5.74, 6) is 0.755. The minimum atomic E-state index is 0.755. The van der Waals surface area contributed by atoms with E-state index in [-0.39, 0.29) is 0 Å². The average molecular weight is 304 g/mol. The molecule has 0 radical (unpaired) electrons. The van der Waals surface area contributed by atoms with Crippen molar-refractivity contribution in [1.82, 2.24) is 0 Å². The van der Waals surface area contributed by atoms with Crippen molar-refractivity contribution in [2.45, 2.75) is 26.2 Å². The van der Waals surface area contributed by atoms with E-state index in [2.05, 4.69) is 67.6 Å². The van der Waals surface area contributed by atoms with Gasteiger partial charge in [0.25, 0.3) is 0 Å². The van der Waals surface area contributed by atoms with Gasteiger partial charge in [-0.05, 0) is 60.9 Å². The average Bonchev–Trinajstić information content (AvgIpc) is 3.05. The molecule has 0 bridgehead atoms. The largest absolute Gasteiger partial charge is 0.135 e. The van der Waals surface area contributed by atoms with Gasteiger partial charge in [0.15, 0.2) is 0 Å². The number of rotatable bonds is 2. The third-order valence-corrected chi connectivity index (χ3v) is 5.82. The molecule has 1 heteroatoms. The highest BCUT2D eigenvalue weighted by molar-refractivity contribution is 7.16. The van der Waals surface area contributed by atoms with E-state index in [4.69, 9.17) is 0 Å². The highest BCUT2D eigenvalue weighted by atomic mass is 32.1. The van der Waals surface area contributed by atoms with Crippen molar-refractivity contribution in [3.8, 4) is 10.4 Å². The van der Waals surface area contributed by atoms with Gasteiger partial charge >= 0.3 is 0 Å². The van der Waals surface area contributed by atoms with E-state index >= 15 is 0 Å². The molecule has 0 aliphatic heterocycles. The monoisotopic (exact) mass is 304 g/mol. The first-order chi connectivity index (χ1) is 10.8. The van der Waals surface area contributed by atoms with Crippen molar-refractivity contribution in [2.24, 2.45) is 5.92 Å². The van der Waals surface area contributed by atoms with Gasteiger partial charge in [-0.3, -0.25) is 0 Å². The molecule has 110 valence electrons. The quantitative estimate of drug-likeness (QED) is 0.602. The fraction of sp³-hybridized carbons (Fsp3) is 0.238. The van der Waals surface area contributed by atoms with Gasteiger partial charge < -0.3 is 0 Å². The molecule has 4 rings (SSSR count). The lowest BCUT2D eigenvalue weighted by atomic mass is 9.82. The summed E-state index contributed by atoms with van der Waals surface area (Å²) < 4.78 is 0. The van der Waals surface area contributed by atoms with E-state index in [1.54, 1.807) is 0 Å². The second-order valence-corrected chi connectivity index (χ2v) is 7.33. The Morgan fingerprint density at radius 3 is 2.68 bits per heavy atom. The van der Waals surface area contributed by atoms with Crippen LogP contribution in [0.4, 0.5) is 0 Å². The van der Waals surface area contributed by atoms with E-state index in [0.717, 1.165) is 5.92 Å². The van der Waals surface area contributed by atoms with Gasteiger partial charge in [-0.1, -0.05) is 54.1 Å². The van der Waals surface area contributed by atoms with E-state index in [1.807, 2.05) is 11.3 Å². The standard InChI is InChI=1S/C21H20S/c1-15-6-8-17(9-7-15)20-12-13-21(22-20)19-11-10-16-4-2-3-5-18(16)14-19/h3,5-9,11-14,16H,2,4,10H2,1H3. The van der Waals surface area contributed by atoms with Gasteiger partial charge in [-0.2, -0.15) is 0 Å². The summed E-state index contributed by atoms with van der Waals surface area (Å²) in [6.07, 6.45) is 13.2. The Balaban J connectivity index is 1.63. The zero-order chi connectivity index (χ0) is 14.9.